The molecule has 5 nitrogen and oxygen atoms in total. The Morgan fingerprint density at radius 1 is 1.09 bits per heavy atom. The molecule has 0 aromatic heterocycles. The SMILES string of the molecule is CC(C)(O)Oc1cccc2c1N([O])C(C)(c1ccccc1)C2=O. The van der Waals surface area contributed by atoms with Crippen LogP contribution in [0.2, 0.25) is 0 Å². The Bertz CT molecular complexity index is 751. The van der Waals surface area contributed by atoms with Gasteiger partial charge in [0.05, 0.1) is 5.56 Å². The molecule has 2 aromatic carbocycles. The van der Waals surface area contributed by atoms with Gasteiger partial charge < -0.3 is 9.84 Å². The van der Waals surface area contributed by atoms with Gasteiger partial charge in [0.2, 0.25) is 5.79 Å². The summed E-state index contributed by atoms with van der Waals surface area (Å²) >= 11 is 0. The van der Waals surface area contributed by atoms with E-state index in [4.69, 9.17) is 4.74 Å². The van der Waals surface area contributed by atoms with Gasteiger partial charge >= 0.3 is 0 Å². The van der Waals surface area contributed by atoms with E-state index in [-0.39, 0.29) is 17.2 Å². The van der Waals surface area contributed by atoms with Crippen LogP contribution < -0.4 is 9.80 Å². The maximum Gasteiger partial charge on any atom is 0.202 e. The Hall–Kier alpha value is -2.37. The number of carbonyl (C=O) groups excluding carboxylic acids is 1. The first kappa shape index (κ1) is 15.5. The van der Waals surface area contributed by atoms with Crippen LogP contribution in [-0.2, 0) is 10.7 Å². The molecule has 1 radical (unpaired) electrons. The summed E-state index contributed by atoms with van der Waals surface area (Å²) in [6.07, 6.45) is 0. The third-order valence-corrected chi connectivity index (χ3v) is 3.99. The van der Waals surface area contributed by atoms with Gasteiger partial charge in [-0.1, -0.05) is 41.6 Å². The molecule has 1 heterocycles. The molecule has 23 heavy (non-hydrogen) atoms. The first-order chi connectivity index (χ1) is 10.7. The number of ether oxygens (including phenoxy) is 1. The van der Waals surface area contributed by atoms with Crippen LogP contribution in [0.4, 0.5) is 5.69 Å². The summed E-state index contributed by atoms with van der Waals surface area (Å²) in [5.74, 6) is -1.54. The number of ketones is 1. The molecule has 0 amide bonds. The molecule has 1 aliphatic heterocycles. The second kappa shape index (κ2) is 5.08. The average Bonchev–Trinajstić information content (AvgIpc) is 2.70. The fourth-order valence-corrected chi connectivity index (χ4v) is 2.86. The van der Waals surface area contributed by atoms with E-state index >= 15 is 0 Å². The predicted molar refractivity (Wildman–Crippen MR) is 84.7 cm³/mol. The summed E-state index contributed by atoms with van der Waals surface area (Å²) in [5.41, 5.74) is -0.271. The van der Waals surface area contributed by atoms with Crippen LogP contribution in [-0.4, -0.2) is 16.7 Å². The molecule has 0 bridgehead atoms. The van der Waals surface area contributed by atoms with E-state index in [2.05, 4.69) is 0 Å². The van der Waals surface area contributed by atoms with Crippen molar-refractivity contribution in [1.82, 2.24) is 0 Å². The molecular formula is C18H18NO4. The largest absolute Gasteiger partial charge is 0.461 e. The lowest BCUT2D eigenvalue weighted by Crippen LogP contribution is -2.42. The summed E-state index contributed by atoms with van der Waals surface area (Å²) in [4.78, 5) is 12.9. The topological polar surface area (TPSA) is 69.7 Å². The molecule has 2 aromatic rings. The number of nitrogens with zero attached hydrogens (tertiary/aromatic N) is 1. The van der Waals surface area contributed by atoms with Crippen LogP contribution in [0.15, 0.2) is 48.5 Å². The maximum atomic E-state index is 13.0. The van der Waals surface area contributed by atoms with Gasteiger partial charge in [0.15, 0.2) is 11.3 Å². The number of fused-ring (bicyclic) bond motifs is 1. The number of benzene rings is 2. The fraction of sp³-hybridized carbons (Fsp3) is 0.278. The van der Waals surface area contributed by atoms with Gasteiger partial charge in [-0.2, -0.15) is 5.06 Å². The third kappa shape index (κ3) is 2.38. The summed E-state index contributed by atoms with van der Waals surface area (Å²) in [6.45, 7) is 4.54. The van der Waals surface area contributed by atoms with Gasteiger partial charge in [-0.15, -0.1) is 0 Å². The zero-order valence-corrected chi connectivity index (χ0v) is 13.2. The molecule has 3 rings (SSSR count). The molecule has 0 spiro atoms. The molecule has 119 valence electrons. The minimum atomic E-state index is -1.45. The van der Waals surface area contributed by atoms with E-state index in [0.717, 1.165) is 0 Å². The number of hydrogen-bond acceptors (Lipinski definition) is 4. The van der Waals surface area contributed by atoms with E-state index in [1.54, 1.807) is 49.4 Å². The van der Waals surface area contributed by atoms with Gasteiger partial charge in [0.25, 0.3) is 0 Å². The lowest BCUT2D eigenvalue weighted by molar-refractivity contribution is -0.104. The van der Waals surface area contributed by atoms with E-state index in [0.29, 0.717) is 16.2 Å². The number of rotatable bonds is 3. The molecule has 1 N–H and O–H groups in total. The Morgan fingerprint density at radius 3 is 2.35 bits per heavy atom. The molecule has 1 unspecified atom stereocenters. The van der Waals surface area contributed by atoms with Gasteiger partial charge in [-0.05, 0) is 24.6 Å². The van der Waals surface area contributed by atoms with E-state index in [1.807, 2.05) is 6.07 Å². The van der Waals surface area contributed by atoms with Gasteiger partial charge in [-0.25, -0.2) is 0 Å². The quantitative estimate of drug-likeness (QED) is 0.884. The smallest absolute Gasteiger partial charge is 0.202 e. The highest BCUT2D eigenvalue weighted by molar-refractivity contribution is 6.14. The number of carbonyl (C=O) groups is 1. The van der Waals surface area contributed by atoms with Gasteiger partial charge in [-0.3, -0.25) is 4.79 Å². The predicted octanol–water partition coefficient (Wildman–Crippen LogP) is 3.06. The average molecular weight is 312 g/mol. The van der Waals surface area contributed by atoms with E-state index < -0.39 is 11.3 Å². The van der Waals surface area contributed by atoms with Crippen molar-refractivity contribution in [2.75, 3.05) is 5.06 Å². The van der Waals surface area contributed by atoms with Crippen LogP contribution in [0.3, 0.4) is 0 Å². The first-order valence-corrected chi connectivity index (χ1v) is 7.37. The number of hydrogen-bond donors (Lipinski definition) is 1. The normalized spacial score (nSPS) is 20.6. The summed E-state index contributed by atoms with van der Waals surface area (Å²) in [6, 6.07) is 13.7. The molecule has 1 atom stereocenters. The number of aliphatic hydroxyl groups is 1. The van der Waals surface area contributed by atoms with E-state index in [9.17, 15) is 15.1 Å². The second-order valence-electron chi connectivity index (χ2n) is 6.26. The molecular weight excluding hydrogens is 294 g/mol. The number of para-hydroxylation sites is 1. The Morgan fingerprint density at radius 2 is 1.74 bits per heavy atom. The third-order valence-electron chi connectivity index (χ3n) is 3.99. The Balaban J connectivity index is 2.14. The van der Waals surface area contributed by atoms with Crippen molar-refractivity contribution >= 4 is 11.5 Å². The maximum absolute atomic E-state index is 13.0. The van der Waals surface area contributed by atoms with Crippen molar-refractivity contribution in [2.24, 2.45) is 0 Å². The zero-order chi connectivity index (χ0) is 16.8. The zero-order valence-electron chi connectivity index (χ0n) is 13.2. The molecule has 1 aliphatic rings. The standard InChI is InChI=1S/C18H18NO4/c1-17(2,21)23-14-11-7-10-13-15(14)19(22)18(3,16(13)20)12-8-5-4-6-9-12/h4-11,21H,1-3H3. The summed E-state index contributed by atoms with van der Waals surface area (Å²) < 4.78 is 5.45. The highest BCUT2D eigenvalue weighted by Gasteiger charge is 2.51. The molecule has 0 saturated carbocycles. The number of Topliss-reactive ketones (excluding diaryl/α,β-unsaturated/α-hetero) is 1. The highest BCUT2D eigenvalue weighted by Crippen LogP contribution is 2.48. The van der Waals surface area contributed by atoms with Crippen LogP contribution in [0.1, 0.15) is 36.7 Å². The lowest BCUT2D eigenvalue weighted by atomic mass is 9.87. The fourth-order valence-electron chi connectivity index (χ4n) is 2.86. The van der Waals surface area contributed by atoms with Crippen LogP contribution in [0.5, 0.6) is 5.75 Å². The molecule has 0 fully saturated rings. The minimum absolute atomic E-state index is 0.158. The van der Waals surface area contributed by atoms with Crippen molar-refractivity contribution < 1.29 is 19.8 Å². The van der Waals surface area contributed by atoms with Crippen LogP contribution in [0.25, 0.3) is 0 Å². The molecule has 0 aliphatic carbocycles. The van der Waals surface area contributed by atoms with Crippen molar-refractivity contribution in [3.63, 3.8) is 0 Å². The van der Waals surface area contributed by atoms with Crippen LogP contribution in [0, 0.1) is 0 Å². The Kier molecular flexibility index (Phi) is 3.43. The van der Waals surface area contributed by atoms with Crippen molar-refractivity contribution in [1.29, 1.82) is 0 Å². The van der Waals surface area contributed by atoms with Crippen molar-refractivity contribution in [2.45, 2.75) is 32.1 Å². The Labute approximate surface area is 134 Å². The van der Waals surface area contributed by atoms with Crippen LogP contribution >= 0.6 is 0 Å². The van der Waals surface area contributed by atoms with Gasteiger partial charge in [0.1, 0.15) is 11.4 Å². The van der Waals surface area contributed by atoms with Crippen molar-refractivity contribution in [3.05, 3.63) is 59.7 Å². The summed E-state index contributed by atoms with van der Waals surface area (Å²) in [7, 11) is 0. The van der Waals surface area contributed by atoms with E-state index in [1.165, 1.54) is 13.8 Å². The van der Waals surface area contributed by atoms with Crippen molar-refractivity contribution in [3.8, 4) is 5.75 Å². The molecule has 0 saturated heterocycles. The molecule has 5 heteroatoms. The first-order valence-electron chi connectivity index (χ1n) is 7.37. The highest BCUT2D eigenvalue weighted by atomic mass is 16.6. The lowest BCUT2D eigenvalue weighted by Gasteiger charge is -2.30. The minimum Gasteiger partial charge on any atom is -0.461 e. The second-order valence-corrected chi connectivity index (χ2v) is 6.26. The monoisotopic (exact) mass is 312 g/mol. The van der Waals surface area contributed by atoms with Gasteiger partial charge in [0, 0.05) is 13.8 Å². The summed E-state index contributed by atoms with van der Waals surface area (Å²) in [5, 5.41) is 23.5. The number of hydroxylamine groups is 1. The number of anilines is 1.